The zero-order valence-electron chi connectivity index (χ0n) is 12.6. The number of esters is 1. The van der Waals surface area contributed by atoms with E-state index in [1.54, 1.807) is 0 Å². The maximum Gasteiger partial charge on any atom is 0.308 e. The van der Waals surface area contributed by atoms with E-state index < -0.39 is 0 Å². The summed E-state index contributed by atoms with van der Waals surface area (Å²) in [5.74, 6) is 1.49. The van der Waals surface area contributed by atoms with Crippen LogP contribution in [0.25, 0.3) is 0 Å². The van der Waals surface area contributed by atoms with Crippen molar-refractivity contribution in [3.05, 3.63) is 23.8 Å². The fourth-order valence-electron chi connectivity index (χ4n) is 3.10. The zero-order valence-corrected chi connectivity index (χ0v) is 12.6. The molecule has 2 nitrogen and oxygen atoms in total. The van der Waals surface area contributed by atoms with Crippen LogP contribution < -0.4 is 0 Å². The minimum Gasteiger partial charge on any atom is -0.461 e. The summed E-state index contributed by atoms with van der Waals surface area (Å²) in [6.07, 6.45) is 9.76. The minimum absolute atomic E-state index is 0.0150. The second-order valence-electron chi connectivity index (χ2n) is 6.17. The molecule has 0 aliphatic heterocycles. The molecule has 0 saturated carbocycles. The Balaban J connectivity index is 2.12. The number of ether oxygens (including phenoxy) is 1. The smallest absolute Gasteiger partial charge is 0.308 e. The normalized spacial score (nSPS) is 35.3. The molecule has 0 saturated heterocycles. The van der Waals surface area contributed by atoms with Gasteiger partial charge in [-0.05, 0) is 36.7 Å². The summed E-state index contributed by atoms with van der Waals surface area (Å²) >= 11 is 0. The Kier molecular flexibility index (Phi) is 4.49. The van der Waals surface area contributed by atoms with Crippen molar-refractivity contribution in [2.75, 3.05) is 0 Å². The molecule has 0 radical (unpaired) electrons. The van der Waals surface area contributed by atoms with Gasteiger partial charge in [0.2, 0.25) is 0 Å². The number of hydrogen-bond donors (Lipinski definition) is 0. The first kappa shape index (κ1) is 14.4. The van der Waals surface area contributed by atoms with Gasteiger partial charge in [0.15, 0.2) is 0 Å². The van der Waals surface area contributed by atoms with E-state index in [0.717, 1.165) is 19.3 Å². The topological polar surface area (TPSA) is 26.3 Å². The van der Waals surface area contributed by atoms with Crippen LogP contribution in [0, 0.1) is 23.7 Å². The van der Waals surface area contributed by atoms with Crippen LogP contribution in [0.15, 0.2) is 23.8 Å². The molecule has 2 heteroatoms. The summed E-state index contributed by atoms with van der Waals surface area (Å²) in [4.78, 5) is 12.0. The average molecular weight is 262 g/mol. The summed E-state index contributed by atoms with van der Waals surface area (Å²) in [5, 5.41) is 0. The lowest BCUT2D eigenvalue weighted by Crippen LogP contribution is -2.38. The highest BCUT2D eigenvalue weighted by atomic mass is 16.5. The van der Waals surface area contributed by atoms with Gasteiger partial charge in [0.1, 0.15) is 6.10 Å². The van der Waals surface area contributed by atoms with Crippen molar-refractivity contribution in [1.82, 2.24) is 0 Å². The van der Waals surface area contributed by atoms with Crippen molar-refractivity contribution in [3.63, 3.8) is 0 Å². The fourth-order valence-corrected chi connectivity index (χ4v) is 3.10. The molecular weight excluding hydrogens is 236 g/mol. The Morgan fingerprint density at radius 3 is 2.89 bits per heavy atom. The summed E-state index contributed by atoms with van der Waals surface area (Å²) < 4.78 is 5.82. The van der Waals surface area contributed by atoms with Gasteiger partial charge in [-0.25, -0.2) is 0 Å². The number of allylic oxidation sites excluding steroid dienone is 3. The lowest BCUT2D eigenvalue weighted by Gasteiger charge is -2.40. The van der Waals surface area contributed by atoms with Crippen molar-refractivity contribution in [2.24, 2.45) is 23.7 Å². The largest absolute Gasteiger partial charge is 0.461 e. The van der Waals surface area contributed by atoms with Crippen molar-refractivity contribution in [3.8, 4) is 0 Å². The number of carbonyl (C=O) groups excluding carboxylic acids is 1. The molecule has 0 amide bonds. The van der Waals surface area contributed by atoms with E-state index in [9.17, 15) is 4.79 Å². The van der Waals surface area contributed by atoms with Gasteiger partial charge in [0.05, 0.1) is 5.92 Å². The zero-order chi connectivity index (χ0) is 14.0. The molecule has 0 aromatic heterocycles. The van der Waals surface area contributed by atoms with Gasteiger partial charge >= 0.3 is 5.97 Å². The van der Waals surface area contributed by atoms with Crippen LogP contribution >= 0.6 is 0 Å². The maximum absolute atomic E-state index is 12.0. The van der Waals surface area contributed by atoms with Crippen molar-refractivity contribution in [2.45, 2.75) is 53.1 Å². The first-order chi connectivity index (χ1) is 9.04. The van der Waals surface area contributed by atoms with E-state index in [-0.39, 0.29) is 18.0 Å². The van der Waals surface area contributed by atoms with Crippen molar-refractivity contribution in [1.29, 1.82) is 0 Å². The summed E-state index contributed by atoms with van der Waals surface area (Å²) in [7, 11) is 0. The summed E-state index contributed by atoms with van der Waals surface area (Å²) in [5.41, 5.74) is 1.37. The second-order valence-corrected chi connectivity index (χ2v) is 6.17. The molecule has 0 bridgehead atoms. The molecule has 2 aliphatic rings. The predicted molar refractivity (Wildman–Crippen MR) is 77.6 cm³/mol. The van der Waals surface area contributed by atoms with Gasteiger partial charge in [0, 0.05) is 5.92 Å². The van der Waals surface area contributed by atoms with Gasteiger partial charge in [0.25, 0.3) is 0 Å². The Morgan fingerprint density at radius 1 is 1.47 bits per heavy atom. The van der Waals surface area contributed by atoms with Gasteiger partial charge in [-0.2, -0.15) is 0 Å². The quantitative estimate of drug-likeness (QED) is 0.715. The monoisotopic (exact) mass is 262 g/mol. The minimum atomic E-state index is -0.0249. The molecule has 5 atom stereocenters. The molecule has 106 valence electrons. The number of fused-ring (bicyclic) bond motifs is 1. The molecule has 0 aromatic rings. The lowest BCUT2D eigenvalue weighted by molar-refractivity contribution is -0.157. The summed E-state index contributed by atoms with van der Waals surface area (Å²) in [6.45, 7) is 8.52. The molecule has 0 N–H and O–H groups in total. The van der Waals surface area contributed by atoms with Crippen molar-refractivity contribution >= 4 is 5.97 Å². The first-order valence-electron chi connectivity index (χ1n) is 7.63. The van der Waals surface area contributed by atoms with Crippen LogP contribution in [-0.2, 0) is 9.53 Å². The van der Waals surface area contributed by atoms with Crippen LogP contribution in [0.5, 0.6) is 0 Å². The molecule has 2 aliphatic carbocycles. The van der Waals surface area contributed by atoms with Crippen LogP contribution in [0.1, 0.15) is 47.0 Å². The molecule has 0 fully saturated rings. The molecule has 5 unspecified atom stereocenters. The highest BCUT2D eigenvalue weighted by Gasteiger charge is 2.37. The number of hydrogen-bond acceptors (Lipinski definition) is 2. The van der Waals surface area contributed by atoms with E-state index in [0.29, 0.717) is 17.8 Å². The van der Waals surface area contributed by atoms with Crippen LogP contribution in [-0.4, -0.2) is 12.1 Å². The molecule has 0 aromatic carbocycles. The van der Waals surface area contributed by atoms with Crippen molar-refractivity contribution < 1.29 is 9.53 Å². The van der Waals surface area contributed by atoms with Crippen LogP contribution in [0.3, 0.4) is 0 Å². The third-order valence-electron chi connectivity index (χ3n) is 4.89. The fraction of sp³-hybridized carbons (Fsp3) is 0.706. The molecule has 0 heterocycles. The average Bonchev–Trinajstić information content (AvgIpc) is 2.42. The Morgan fingerprint density at radius 2 is 2.21 bits per heavy atom. The van der Waals surface area contributed by atoms with Gasteiger partial charge in [-0.3, -0.25) is 4.79 Å². The number of rotatable bonds is 3. The molecule has 19 heavy (non-hydrogen) atoms. The third-order valence-corrected chi connectivity index (χ3v) is 4.89. The van der Waals surface area contributed by atoms with E-state index >= 15 is 0 Å². The molecule has 2 rings (SSSR count). The highest BCUT2D eigenvalue weighted by molar-refractivity contribution is 5.72. The number of carbonyl (C=O) groups is 1. The van der Waals surface area contributed by atoms with Crippen LogP contribution in [0.2, 0.25) is 0 Å². The van der Waals surface area contributed by atoms with Gasteiger partial charge in [-0.15, -0.1) is 0 Å². The Labute approximate surface area is 116 Å². The summed E-state index contributed by atoms with van der Waals surface area (Å²) in [6, 6.07) is 0. The van der Waals surface area contributed by atoms with E-state index in [1.807, 2.05) is 13.8 Å². The van der Waals surface area contributed by atoms with Crippen LogP contribution in [0.4, 0.5) is 0 Å². The molecule has 0 spiro atoms. The van der Waals surface area contributed by atoms with Gasteiger partial charge in [-0.1, -0.05) is 45.9 Å². The maximum atomic E-state index is 12.0. The SMILES string of the molecule is CCC(C)C(=O)OC1CCC=C2C=CC(C)C(C)C21. The lowest BCUT2D eigenvalue weighted by atomic mass is 9.69. The van der Waals surface area contributed by atoms with E-state index in [2.05, 4.69) is 32.1 Å². The second kappa shape index (κ2) is 5.94. The standard InChI is InChI=1S/C17H26O2/c1-5-11(2)17(18)19-15-8-6-7-14-10-9-12(3)13(4)16(14)15/h7,9-13,15-16H,5-6,8H2,1-4H3. The van der Waals surface area contributed by atoms with E-state index in [1.165, 1.54) is 5.57 Å². The Bertz CT molecular complexity index is 394. The predicted octanol–water partition coefficient (Wildman–Crippen LogP) is 4.12. The van der Waals surface area contributed by atoms with Gasteiger partial charge < -0.3 is 4.74 Å². The Hall–Kier alpha value is -1.05. The molecular formula is C17H26O2. The third kappa shape index (κ3) is 2.93. The highest BCUT2D eigenvalue weighted by Crippen LogP contribution is 2.41. The first-order valence-corrected chi connectivity index (χ1v) is 7.63. The van der Waals surface area contributed by atoms with E-state index in [4.69, 9.17) is 4.74 Å².